The van der Waals surface area contributed by atoms with Gasteiger partial charge in [0.25, 0.3) is 0 Å². The van der Waals surface area contributed by atoms with E-state index < -0.39 is 0 Å². The van der Waals surface area contributed by atoms with Crippen molar-refractivity contribution in [2.45, 2.75) is 45.7 Å². The van der Waals surface area contributed by atoms with E-state index in [4.69, 9.17) is 4.74 Å². The van der Waals surface area contributed by atoms with Crippen LogP contribution in [0.25, 0.3) is 0 Å². The van der Waals surface area contributed by atoms with Gasteiger partial charge in [0, 0.05) is 28.7 Å². The second kappa shape index (κ2) is 7.61. The predicted octanol–water partition coefficient (Wildman–Crippen LogP) is 3.81. The molecule has 21 heavy (non-hydrogen) atoms. The molecule has 0 aromatic heterocycles. The number of halogens is 1. The normalized spacial score (nSPS) is 16.4. The monoisotopic (exact) mass is 354 g/mol. The number of likely N-dealkylation sites (tertiary alicyclic amines) is 1. The van der Waals surface area contributed by atoms with E-state index in [1.807, 2.05) is 6.07 Å². The largest absolute Gasteiger partial charge is 0.492 e. The average molecular weight is 355 g/mol. The topological polar surface area (TPSA) is 24.5 Å². The van der Waals surface area contributed by atoms with Crippen molar-refractivity contribution in [2.75, 3.05) is 26.2 Å². The van der Waals surface area contributed by atoms with Crippen molar-refractivity contribution < 1.29 is 4.74 Å². The number of ether oxygens (including phenoxy) is 1. The van der Waals surface area contributed by atoms with E-state index in [1.165, 1.54) is 31.5 Å². The summed E-state index contributed by atoms with van der Waals surface area (Å²) in [6.07, 6.45) is 2.66. The second-order valence-corrected chi connectivity index (χ2v) is 7.67. The molecule has 0 amide bonds. The molecule has 1 fully saturated rings. The third kappa shape index (κ3) is 5.97. The fraction of sp³-hybridized carbons (Fsp3) is 0.647. The van der Waals surface area contributed by atoms with Crippen LogP contribution in [0.5, 0.6) is 5.75 Å². The van der Waals surface area contributed by atoms with Gasteiger partial charge in [-0.05, 0) is 64.9 Å². The molecule has 0 atom stereocenters. The highest BCUT2D eigenvalue weighted by atomic mass is 79.9. The van der Waals surface area contributed by atoms with Crippen molar-refractivity contribution in [3.63, 3.8) is 0 Å². The van der Waals surface area contributed by atoms with Crippen molar-refractivity contribution in [1.82, 2.24) is 10.2 Å². The summed E-state index contributed by atoms with van der Waals surface area (Å²) in [7, 11) is 0. The number of nitrogens with zero attached hydrogens (tertiary/aromatic N) is 1. The van der Waals surface area contributed by atoms with Crippen LogP contribution >= 0.6 is 15.9 Å². The first-order chi connectivity index (χ1) is 9.94. The van der Waals surface area contributed by atoms with Crippen molar-refractivity contribution in [1.29, 1.82) is 0 Å². The Balaban J connectivity index is 1.90. The molecule has 2 rings (SSSR count). The Morgan fingerprint density at radius 3 is 2.62 bits per heavy atom. The Morgan fingerprint density at radius 1 is 1.24 bits per heavy atom. The summed E-state index contributed by atoms with van der Waals surface area (Å²) in [6, 6.07) is 6.25. The van der Waals surface area contributed by atoms with E-state index in [0.29, 0.717) is 0 Å². The molecule has 4 heteroatoms. The molecular weight excluding hydrogens is 328 g/mol. The third-order valence-electron chi connectivity index (χ3n) is 3.70. The summed E-state index contributed by atoms with van der Waals surface area (Å²) in [6.45, 7) is 11.6. The van der Waals surface area contributed by atoms with Crippen LogP contribution in [0, 0.1) is 0 Å². The van der Waals surface area contributed by atoms with Crippen LogP contribution in [0.4, 0.5) is 0 Å². The zero-order valence-corrected chi connectivity index (χ0v) is 15.0. The van der Waals surface area contributed by atoms with Gasteiger partial charge in [0.2, 0.25) is 0 Å². The van der Waals surface area contributed by atoms with Crippen LogP contribution in [0.1, 0.15) is 39.2 Å². The highest BCUT2D eigenvalue weighted by molar-refractivity contribution is 9.10. The molecule has 1 aromatic rings. The van der Waals surface area contributed by atoms with Crippen molar-refractivity contribution >= 4 is 15.9 Å². The van der Waals surface area contributed by atoms with Gasteiger partial charge in [0.15, 0.2) is 0 Å². The number of rotatable bonds is 6. The Hall–Kier alpha value is -0.580. The van der Waals surface area contributed by atoms with Crippen molar-refractivity contribution in [3.8, 4) is 5.75 Å². The lowest BCUT2D eigenvalue weighted by molar-refractivity contribution is 0.235. The van der Waals surface area contributed by atoms with E-state index in [0.717, 1.165) is 29.9 Å². The SMILES string of the molecule is CC(C)(C)NCc1cc(Br)ccc1OCCN1CCCC1. The summed E-state index contributed by atoms with van der Waals surface area (Å²) < 4.78 is 7.11. The minimum atomic E-state index is 0.106. The molecule has 0 unspecified atom stereocenters. The maximum absolute atomic E-state index is 6.02. The Bertz CT molecular complexity index is 451. The molecule has 1 aromatic carbocycles. The van der Waals surface area contributed by atoms with E-state index in [1.54, 1.807) is 0 Å². The molecule has 0 bridgehead atoms. The van der Waals surface area contributed by atoms with Crippen LogP contribution in [0.15, 0.2) is 22.7 Å². The highest BCUT2D eigenvalue weighted by Crippen LogP contribution is 2.24. The molecule has 1 heterocycles. The van der Waals surface area contributed by atoms with Crippen molar-refractivity contribution in [3.05, 3.63) is 28.2 Å². The molecule has 3 nitrogen and oxygen atoms in total. The predicted molar refractivity (Wildman–Crippen MR) is 91.9 cm³/mol. The van der Waals surface area contributed by atoms with Gasteiger partial charge in [-0.25, -0.2) is 0 Å². The fourth-order valence-corrected chi connectivity index (χ4v) is 2.89. The molecule has 1 N–H and O–H groups in total. The first-order valence-corrected chi connectivity index (χ1v) is 8.62. The molecule has 0 saturated carbocycles. The number of hydrogen-bond acceptors (Lipinski definition) is 3. The molecular formula is C17H27BrN2O. The van der Waals surface area contributed by atoms with E-state index >= 15 is 0 Å². The summed E-state index contributed by atoms with van der Waals surface area (Å²) >= 11 is 3.55. The number of benzene rings is 1. The summed E-state index contributed by atoms with van der Waals surface area (Å²) in [5, 5.41) is 3.53. The molecule has 118 valence electrons. The van der Waals surface area contributed by atoms with Crippen LogP contribution in [0.2, 0.25) is 0 Å². The first kappa shape index (κ1) is 16.8. The Morgan fingerprint density at radius 2 is 1.95 bits per heavy atom. The van der Waals surface area contributed by atoms with Crippen LogP contribution in [0.3, 0.4) is 0 Å². The van der Waals surface area contributed by atoms with Gasteiger partial charge in [0.1, 0.15) is 12.4 Å². The molecule has 0 spiro atoms. The smallest absolute Gasteiger partial charge is 0.123 e. The number of nitrogens with one attached hydrogen (secondary N) is 1. The maximum atomic E-state index is 6.02. The lowest BCUT2D eigenvalue weighted by Crippen LogP contribution is -2.35. The Labute approximate surface area is 137 Å². The fourth-order valence-electron chi connectivity index (χ4n) is 2.48. The lowest BCUT2D eigenvalue weighted by atomic mass is 10.1. The second-order valence-electron chi connectivity index (χ2n) is 6.75. The van der Waals surface area contributed by atoms with Gasteiger partial charge in [0.05, 0.1) is 0 Å². The van der Waals surface area contributed by atoms with Gasteiger partial charge in [-0.1, -0.05) is 15.9 Å². The van der Waals surface area contributed by atoms with Gasteiger partial charge < -0.3 is 10.1 Å². The van der Waals surface area contributed by atoms with Gasteiger partial charge in [-0.2, -0.15) is 0 Å². The minimum Gasteiger partial charge on any atom is -0.492 e. The average Bonchev–Trinajstić information content (AvgIpc) is 2.91. The molecule has 1 aliphatic rings. The van der Waals surface area contributed by atoms with Crippen LogP contribution in [-0.4, -0.2) is 36.7 Å². The summed E-state index contributed by atoms with van der Waals surface area (Å²) in [5.74, 6) is 0.995. The molecule has 0 radical (unpaired) electrons. The molecule has 1 saturated heterocycles. The Kier molecular flexibility index (Phi) is 6.08. The summed E-state index contributed by atoms with van der Waals surface area (Å²) in [5.41, 5.74) is 1.32. The molecule has 1 aliphatic heterocycles. The van der Waals surface area contributed by atoms with Crippen molar-refractivity contribution in [2.24, 2.45) is 0 Å². The first-order valence-electron chi connectivity index (χ1n) is 7.83. The zero-order chi connectivity index (χ0) is 15.3. The van der Waals surface area contributed by atoms with Crippen LogP contribution in [-0.2, 0) is 6.54 Å². The number of hydrogen-bond donors (Lipinski definition) is 1. The standard InChI is InChI=1S/C17H27BrN2O/c1-17(2,3)19-13-14-12-15(18)6-7-16(14)21-11-10-20-8-4-5-9-20/h6-7,12,19H,4-5,8-11,13H2,1-3H3. The van der Waals surface area contributed by atoms with Gasteiger partial charge >= 0.3 is 0 Å². The highest BCUT2D eigenvalue weighted by Gasteiger charge is 2.13. The van der Waals surface area contributed by atoms with Gasteiger partial charge in [-0.3, -0.25) is 4.90 Å². The quantitative estimate of drug-likeness (QED) is 0.840. The van der Waals surface area contributed by atoms with E-state index in [9.17, 15) is 0 Å². The van der Waals surface area contributed by atoms with E-state index in [2.05, 4.69) is 59.1 Å². The van der Waals surface area contributed by atoms with E-state index in [-0.39, 0.29) is 5.54 Å². The minimum absolute atomic E-state index is 0.106. The maximum Gasteiger partial charge on any atom is 0.123 e. The third-order valence-corrected chi connectivity index (χ3v) is 4.19. The van der Waals surface area contributed by atoms with Gasteiger partial charge in [-0.15, -0.1) is 0 Å². The summed E-state index contributed by atoms with van der Waals surface area (Å²) in [4.78, 5) is 2.48. The van der Waals surface area contributed by atoms with Crippen LogP contribution < -0.4 is 10.1 Å². The zero-order valence-electron chi connectivity index (χ0n) is 13.4. The lowest BCUT2D eigenvalue weighted by Gasteiger charge is -2.22. The molecule has 0 aliphatic carbocycles.